The Bertz CT molecular complexity index is 431. The largest absolute Gasteiger partial charge is 0.331 e. The summed E-state index contributed by atoms with van der Waals surface area (Å²) in [6.45, 7) is 2.05. The fourth-order valence-electron chi connectivity index (χ4n) is 1.05. The van der Waals surface area contributed by atoms with E-state index in [4.69, 9.17) is 12.2 Å². The van der Waals surface area contributed by atoms with Gasteiger partial charge in [0.15, 0.2) is 0 Å². The van der Waals surface area contributed by atoms with E-state index in [0.29, 0.717) is 10.9 Å². The number of aryl methyl sites for hydroxylation is 1. The van der Waals surface area contributed by atoms with Crippen LogP contribution in [0.15, 0.2) is 23.8 Å². The Kier molecular flexibility index (Phi) is 2.60. The third-order valence-electron chi connectivity index (χ3n) is 1.68. The van der Waals surface area contributed by atoms with E-state index in [1.54, 1.807) is 23.7 Å². The van der Waals surface area contributed by atoms with Crippen LogP contribution in [0.1, 0.15) is 10.4 Å². The Hall–Kier alpha value is -1.20. The van der Waals surface area contributed by atoms with Gasteiger partial charge in [-0.2, -0.15) is 0 Å². The molecule has 2 N–H and O–H groups in total. The van der Waals surface area contributed by atoms with E-state index in [1.807, 2.05) is 0 Å². The van der Waals surface area contributed by atoms with E-state index in [0.717, 1.165) is 4.88 Å². The third kappa shape index (κ3) is 2.00. The second kappa shape index (κ2) is 3.89. The van der Waals surface area contributed by atoms with Gasteiger partial charge < -0.3 is 10.3 Å². The standard InChI is InChI=1S/C9H9N3S2/c1-6-4-7(14-5-6)8(13)12-9-10-2-3-11-9/h2-5H,1H3,(H2,10,11,12,13). The second-order valence-corrected chi connectivity index (χ2v) is 4.20. The molecule has 0 fully saturated rings. The number of hydrogen-bond acceptors (Lipinski definition) is 3. The van der Waals surface area contributed by atoms with E-state index in [9.17, 15) is 0 Å². The van der Waals surface area contributed by atoms with Crippen LogP contribution in [0.3, 0.4) is 0 Å². The number of H-pyrrole nitrogens is 1. The summed E-state index contributed by atoms with van der Waals surface area (Å²) in [4.78, 5) is 8.75. The van der Waals surface area contributed by atoms with Crippen LogP contribution >= 0.6 is 23.6 Å². The van der Waals surface area contributed by atoms with Crippen molar-refractivity contribution in [2.75, 3.05) is 5.32 Å². The minimum Gasteiger partial charge on any atom is -0.331 e. The van der Waals surface area contributed by atoms with Gasteiger partial charge in [-0.1, -0.05) is 12.2 Å². The van der Waals surface area contributed by atoms with Crippen molar-refractivity contribution in [1.82, 2.24) is 9.97 Å². The quantitative estimate of drug-likeness (QED) is 0.769. The van der Waals surface area contributed by atoms with Gasteiger partial charge in [-0.05, 0) is 23.9 Å². The van der Waals surface area contributed by atoms with Gasteiger partial charge in [-0.3, -0.25) is 0 Å². The molecule has 0 spiro atoms. The molecule has 5 heteroatoms. The Morgan fingerprint density at radius 2 is 2.50 bits per heavy atom. The first-order valence-corrected chi connectivity index (χ1v) is 5.40. The van der Waals surface area contributed by atoms with Crippen LogP contribution in [0, 0.1) is 6.92 Å². The number of thiocarbonyl (C=S) groups is 1. The van der Waals surface area contributed by atoms with Crippen LogP contribution in [-0.4, -0.2) is 15.0 Å². The molecule has 0 radical (unpaired) electrons. The maximum absolute atomic E-state index is 5.22. The normalized spacial score (nSPS) is 10.1. The van der Waals surface area contributed by atoms with Crippen LogP contribution < -0.4 is 5.32 Å². The lowest BCUT2D eigenvalue weighted by Crippen LogP contribution is -2.09. The average Bonchev–Trinajstić information content (AvgIpc) is 2.75. The SMILES string of the molecule is Cc1csc(C(=S)Nc2ncc[nH]2)c1. The minimum absolute atomic E-state index is 0.682. The van der Waals surface area contributed by atoms with Crippen molar-refractivity contribution in [2.24, 2.45) is 0 Å². The number of nitrogens with one attached hydrogen (secondary N) is 2. The maximum atomic E-state index is 5.22. The van der Waals surface area contributed by atoms with E-state index in [1.165, 1.54) is 5.56 Å². The number of thiophene rings is 1. The van der Waals surface area contributed by atoms with E-state index in [2.05, 4.69) is 33.7 Å². The Morgan fingerprint density at radius 3 is 3.07 bits per heavy atom. The molecule has 0 aromatic carbocycles. The van der Waals surface area contributed by atoms with Crippen LogP contribution in [0.25, 0.3) is 0 Å². The van der Waals surface area contributed by atoms with Gasteiger partial charge in [0.2, 0.25) is 5.95 Å². The van der Waals surface area contributed by atoms with Gasteiger partial charge in [0.05, 0.1) is 4.88 Å². The monoisotopic (exact) mass is 223 g/mol. The fraction of sp³-hybridized carbons (Fsp3) is 0.111. The Morgan fingerprint density at radius 1 is 1.64 bits per heavy atom. The molecule has 0 atom stereocenters. The van der Waals surface area contributed by atoms with E-state index < -0.39 is 0 Å². The summed E-state index contributed by atoms with van der Waals surface area (Å²) >= 11 is 6.86. The molecule has 0 amide bonds. The van der Waals surface area contributed by atoms with Gasteiger partial charge in [0.1, 0.15) is 4.99 Å². The number of imidazole rings is 1. The highest BCUT2D eigenvalue weighted by molar-refractivity contribution is 7.81. The first-order valence-electron chi connectivity index (χ1n) is 4.11. The summed E-state index contributed by atoms with van der Waals surface area (Å²) in [7, 11) is 0. The van der Waals surface area contributed by atoms with E-state index >= 15 is 0 Å². The Balaban J connectivity index is 2.10. The fourth-order valence-corrected chi connectivity index (χ4v) is 2.15. The number of aromatic nitrogens is 2. The van der Waals surface area contributed by atoms with Crippen LogP contribution in [-0.2, 0) is 0 Å². The topological polar surface area (TPSA) is 40.7 Å². The Labute approximate surface area is 91.2 Å². The number of anilines is 1. The molecule has 0 saturated heterocycles. The summed E-state index contributed by atoms with van der Waals surface area (Å²) in [5.41, 5.74) is 1.23. The van der Waals surface area contributed by atoms with Crippen molar-refractivity contribution in [3.63, 3.8) is 0 Å². The smallest absolute Gasteiger partial charge is 0.205 e. The zero-order valence-electron chi connectivity index (χ0n) is 7.57. The summed E-state index contributed by atoms with van der Waals surface area (Å²) in [5, 5.41) is 5.10. The molecule has 0 bridgehead atoms. The number of nitrogens with zero attached hydrogens (tertiary/aromatic N) is 1. The summed E-state index contributed by atoms with van der Waals surface area (Å²) in [5.74, 6) is 0.682. The van der Waals surface area contributed by atoms with Crippen molar-refractivity contribution in [1.29, 1.82) is 0 Å². The van der Waals surface area contributed by atoms with Crippen LogP contribution in [0.5, 0.6) is 0 Å². The van der Waals surface area contributed by atoms with Gasteiger partial charge >= 0.3 is 0 Å². The van der Waals surface area contributed by atoms with Crippen LogP contribution in [0.4, 0.5) is 5.95 Å². The lowest BCUT2D eigenvalue weighted by atomic mass is 10.3. The van der Waals surface area contributed by atoms with Crippen LogP contribution in [0.2, 0.25) is 0 Å². The van der Waals surface area contributed by atoms with Crippen molar-refractivity contribution in [3.05, 3.63) is 34.3 Å². The molecule has 0 unspecified atom stereocenters. The number of aromatic amines is 1. The molecule has 0 saturated carbocycles. The summed E-state index contributed by atoms with van der Waals surface area (Å²) < 4.78 is 0. The van der Waals surface area contributed by atoms with Crippen molar-refractivity contribution < 1.29 is 0 Å². The highest BCUT2D eigenvalue weighted by atomic mass is 32.1. The molecule has 0 aliphatic heterocycles. The molecular formula is C9H9N3S2. The maximum Gasteiger partial charge on any atom is 0.205 e. The lowest BCUT2D eigenvalue weighted by Gasteiger charge is -2.00. The van der Waals surface area contributed by atoms with Gasteiger partial charge in [-0.15, -0.1) is 11.3 Å². The zero-order chi connectivity index (χ0) is 9.97. The molecule has 2 rings (SSSR count). The summed E-state index contributed by atoms with van der Waals surface area (Å²) in [6, 6.07) is 2.06. The molecule has 0 aliphatic carbocycles. The molecule has 3 nitrogen and oxygen atoms in total. The number of rotatable bonds is 2. The van der Waals surface area contributed by atoms with Crippen molar-refractivity contribution >= 4 is 34.5 Å². The molecule has 72 valence electrons. The van der Waals surface area contributed by atoms with E-state index in [-0.39, 0.29) is 0 Å². The first kappa shape index (κ1) is 9.36. The first-order chi connectivity index (χ1) is 6.75. The predicted molar refractivity (Wildman–Crippen MR) is 63.0 cm³/mol. The van der Waals surface area contributed by atoms with Gasteiger partial charge in [0.25, 0.3) is 0 Å². The van der Waals surface area contributed by atoms with Gasteiger partial charge in [0, 0.05) is 12.4 Å². The lowest BCUT2D eigenvalue weighted by molar-refractivity contribution is 1.31. The highest BCUT2D eigenvalue weighted by Gasteiger charge is 2.04. The minimum atomic E-state index is 0.682. The van der Waals surface area contributed by atoms with Crippen molar-refractivity contribution in [2.45, 2.75) is 6.92 Å². The number of hydrogen-bond donors (Lipinski definition) is 2. The predicted octanol–water partition coefficient (Wildman–Crippen LogP) is 2.57. The highest BCUT2D eigenvalue weighted by Crippen LogP contribution is 2.15. The molecule has 2 aromatic heterocycles. The third-order valence-corrected chi connectivity index (χ3v) is 3.20. The molecule has 0 aliphatic rings. The second-order valence-electron chi connectivity index (χ2n) is 2.88. The molecule has 14 heavy (non-hydrogen) atoms. The van der Waals surface area contributed by atoms with Gasteiger partial charge in [-0.25, -0.2) is 4.98 Å². The molecule has 2 heterocycles. The average molecular weight is 223 g/mol. The summed E-state index contributed by atoms with van der Waals surface area (Å²) in [6.07, 6.45) is 3.44. The molecular weight excluding hydrogens is 214 g/mol. The van der Waals surface area contributed by atoms with Crippen molar-refractivity contribution in [3.8, 4) is 0 Å². The zero-order valence-corrected chi connectivity index (χ0v) is 9.21. The molecule has 2 aromatic rings.